The van der Waals surface area contributed by atoms with Crippen LogP contribution in [-0.2, 0) is 0 Å². The lowest BCUT2D eigenvalue weighted by atomic mass is 10.2. The number of nitro groups is 1. The Balaban J connectivity index is 2.83. The number of hydrogen-bond donors (Lipinski definition) is 0. The van der Waals surface area contributed by atoms with Crippen molar-refractivity contribution in [2.24, 2.45) is 0 Å². The SMILES string of the molecule is C#CCOc1ccc(/C=C/[N+](=O)[O-])cc1Cl. The average Bonchev–Trinajstić information content (AvgIpc) is 2.25. The second kappa shape index (κ2) is 5.79. The average molecular weight is 238 g/mol. The Labute approximate surface area is 97.6 Å². The second-order valence-electron chi connectivity index (χ2n) is 2.78. The van der Waals surface area contributed by atoms with Crippen molar-refractivity contribution in [3.8, 4) is 18.1 Å². The van der Waals surface area contributed by atoms with Crippen LogP contribution in [0.1, 0.15) is 5.56 Å². The number of rotatable bonds is 4. The van der Waals surface area contributed by atoms with Crippen LogP contribution in [0.4, 0.5) is 0 Å². The highest BCUT2D eigenvalue weighted by Crippen LogP contribution is 2.25. The van der Waals surface area contributed by atoms with E-state index in [0.717, 1.165) is 6.20 Å². The van der Waals surface area contributed by atoms with Gasteiger partial charge >= 0.3 is 0 Å². The van der Waals surface area contributed by atoms with E-state index >= 15 is 0 Å². The van der Waals surface area contributed by atoms with Crippen LogP contribution in [0.15, 0.2) is 24.4 Å². The van der Waals surface area contributed by atoms with Crippen molar-refractivity contribution in [1.82, 2.24) is 0 Å². The predicted molar refractivity (Wildman–Crippen MR) is 61.8 cm³/mol. The molecular formula is C11H8ClNO3. The van der Waals surface area contributed by atoms with E-state index in [2.05, 4.69) is 5.92 Å². The fourth-order valence-corrected chi connectivity index (χ4v) is 1.25. The summed E-state index contributed by atoms with van der Waals surface area (Å²) in [5.74, 6) is 2.77. The lowest BCUT2D eigenvalue weighted by Gasteiger charge is -2.04. The maximum Gasteiger partial charge on any atom is 0.235 e. The normalized spacial score (nSPS) is 10.0. The van der Waals surface area contributed by atoms with Gasteiger partial charge in [0.25, 0.3) is 0 Å². The fraction of sp³-hybridized carbons (Fsp3) is 0.0909. The van der Waals surface area contributed by atoms with E-state index in [1.54, 1.807) is 18.2 Å². The quantitative estimate of drug-likeness (QED) is 0.460. The van der Waals surface area contributed by atoms with E-state index in [-0.39, 0.29) is 6.61 Å². The summed E-state index contributed by atoms with van der Waals surface area (Å²) in [6.45, 7) is 0.129. The maximum absolute atomic E-state index is 10.1. The summed E-state index contributed by atoms with van der Waals surface area (Å²) in [6.07, 6.45) is 7.22. The van der Waals surface area contributed by atoms with Crippen LogP contribution in [-0.4, -0.2) is 11.5 Å². The minimum Gasteiger partial charge on any atom is -0.479 e. The van der Waals surface area contributed by atoms with Crippen LogP contribution in [0.2, 0.25) is 5.02 Å². The summed E-state index contributed by atoms with van der Waals surface area (Å²) in [5.41, 5.74) is 0.620. The zero-order valence-corrected chi connectivity index (χ0v) is 8.98. The number of nitrogens with zero attached hydrogens (tertiary/aromatic N) is 1. The van der Waals surface area contributed by atoms with Gasteiger partial charge in [-0.2, -0.15) is 0 Å². The van der Waals surface area contributed by atoms with Crippen molar-refractivity contribution in [3.63, 3.8) is 0 Å². The van der Waals surface area contributed by atoms with Crippen molar-refractivity contribution in [3.05, 3.63) is 45.1 Å². The monoisotopic (exact) mass is 237 g/mol. The van der Waals surface area contributed by atoms with Crippen LogP contribution in [0.5, 0.6) is 5.75 Å². The van der Waals surface area contributed by atoms with Gasteiger partial charge in [-0.25, -0.2) is 0 Å². The first-order chi connectivity index (χ1) is 7.63. The number of halogens is 1. The first-order valence-corrected chi connectivity index (χ1v) is 4.69. The lowest BCUT2D eigenvalue weighted by Crippen LogP contribution is -1.94. The predicted octanol–water partition coefficient (Wildman–Crippen LogP) is 2.60. The van der Waals surface area contributed by atoms with Gasteiger partial charge < -0.3 is 4.74 Å². The number of ether oxygens (including phenoxy) is 1. The van der Waals surface area contributed by atoms with Crippen molar-refractivity contribution >= 4 is 17.7 Å². The van der Waals surface area contributed by atoms with Gasteiger partial charge in [-0.3, -0.25) is 10.1 Å². The summed E-state index contributed by atoms with van der Waals surface area (Å²) in [5, 5.41) is 10.5. The molecule has 0 spiro atoms. The van der Waals surface area contributed by atoms with Gasteiger partial charge in [0, 0.05) is 6.08 Å². The molecule has 0 unspecified atom stereocenters. The molecule has 0 aromatic heterocycles. The topological polar surface area (TPSA) is 52.4 Å². The van der Waals surface area contributed by atoms with E-state index < -0.39 is 4.92 Å². The highest BCUT2D eigenvalue weighted by Gasteiger charge is 2.01. The Morgan fingerprint density at radius 3 is 2.94 bits per heavy atom. The van der Waals surface area contributed by atoms with E-state index in [4.69, 9.17) is 22.8 Å². The maximum atomic E-state index is 10.1. The molecule has 0 aliphatic heterocycles. The van der Waals surface area contributed by atoms with E-state index in [1.165, 1.54) is 6.08 Å². The third kappa shape index (κ3) is 3.64. The molecule has 0 atom stereocenters. The van der Waals surface area contributed by atoms with Crippen molar-refractivity contribution in [2.45, 2.75) is 0 Å². The Bertz CT molecular complexity index is 463. The van der Waals surface area contributed by atoms with Crippen molar-refractivity contribution in [2.75, 3.05) is 6.61 Å². The van der Waals surface area contributed by atoms with Gasteiger partial charge in [0.1, 0.15) is 12.4 Å². The zero-order valence-electron chi connectivity index (χ0n) is 8.22. The summed E-state index contributed by atoms with van der Waals surface area (Å²) in [6, 6.07) is 4.82. The smallest absolute Gasteiger partial charge is 0.235 e. The van der Waals surface area contributed by atoms with E-state index in [0.29, 0.717) is 16.3 Å². The summed E-state index contributed by atoms with van der Waals surface area (Å²) < 4.78 is 5.14. The molecule has 0 heterocycles. The minimum atomic E-state index is -0.545. The van der Waals surface area contributed by atoms with Gasteiger partial charge in [-0.05, 0) is 17.7 Å². The molecule has 0 aliphatic carbocycles. The lowest BCUT2D eigenvalue weighted by molar-refractivity contribution is -0.400. The molecule has 0 saturated carbocycles. The molecule has 4 nitrogen and oxygen atoms in total. The molecule has 0 radical (unpaired) electrons. The molecule has 0 N–H and O–H groups in total. The molecular weight excluding hydrogens is 230 g/mol. The molecule has 16 heavy (non-hydrogen) atoms. The van der Waals surface area contributed by atoms with Gasteiger partial charge in [0.15, 0.2) is 0 Å². The molecule has 0 fully saturated rings. The summed E-state index contributed by atoms with van der Waals surface area (Å²) >= 11 is 5.88. The Morgan fingerprint density at radius 1 is 1.62 bits per heavy atom. The molecule has 1 rings (SSSR count). The Morgan fingerprint density at radius 2 is 2.38 bits per heavy atom. The first kappa shape index (κ1) is 12.1. The Hall–Kier alpha value is -1.99. The third-order valence-electron chi connectivity index (χ3n) is 1.66. The van der Waals surface area contributed by atoms with Crippen LogP contribution >= 0.6 is 11.6 Å². The highest BCUT2D eigenvalue weighted by molar-refractivity contribution is 6.32. The van der Waals surface area contributed by atoms with Crippen LogP contribution < -0.4 is 4.74 Å². The molecule has 1 aromatic carbocycles. The van der Waals surface area contributed by atoms with Crippen LogP contribution in [0, 0.1) is 22.5 Å². The summed E-state index contributed by atoms with van der Waals surface area (Å²) in [7, 11) is 0. The first-order valence-electron chi connectivity index (χ1n) is 4.31. The molecule has 82 valence electrons. The van der Waals surface area contributed by atoms with E-state index in [1.807, 2.05) is 0 Å². The number of terminal acetylenes is 1. The minimum absolute atomic E-state index is 0.129. The zero-order chi connectivity index (χ0) is 12.0. The number of hydrogen-bond acceptors (Lipinski definition) is 3. The molecule has 0 amide bonds. The van der Waals surface area contributed by atoms with E-state index in [9.17, 15) is 10.1 Å². The van der Waals surface area contributed by atoms with Crippen LogP contribution in [0.3, 0.4) is 0 Å². The summed E-state index contributed by atoms with van der Waals surface area (Å²) in [4.78, 5) is 9.56. The molecule has 0 saturated heterocycles. The molecule has 5 heteroatoms. The van der Waals surface area contributed by atoms with Crippen molar-refractivity contribution in [1.29, 1.82) is 0 Å². The van der Waals surface area contributed by atoms with Crippen molar-refractivity contribution < 1.29 is 9.66 Å². The van der Waals surface area contributed by atoms with Gasteiger partial charge in [-0.15, -0.1) is 6.42 Å². The Kier molecular flexibility index (Phi) is 4.37. The molecule has 0 bridgehead atoms. The van der Waals surface area contributed by atoms with Gasteiger partial charge in [0.2, 0.25) is 6.20 Å². The highest BCUT2D eigenvalue weighted by atomic mass is 35.5. The third-order valence-corrected chi connectivity index (χ3v) is 1.95. The van der Waals surface area contributed by atoms with Gasteiger partial charge in [-0.1, -0.05) is 23.6 Å². The van der Waals surface area contributed by atoms with Gasteiger partial charge in [0.05, 0.1) is 9.95 Å². The number of benzene rings is 1. The fourth-order valence-electron chi connectivity index (χ4n) is 1.00. The second-order valence-corrected chi connectivity index (χ2v) is 3.19. The van der Waals surface area contributed by atoms with Crippen LogP contribution in [0.25, 0.3) is 6.08 Å². The molecule has 1 aromatic rings. The molecule has 0 aliphatic rings. The largest absolute Gasteiger partial charge is 0.479 e. The standard InChI is InChI=1S/C11H8ClNO3/c1-2-7-16-11-4-3-9(8-10(11)12)5-6-13(14)15/h1,3-6,8H,7H2/b6-5+.